The van der Waals surface area contributed by atoms with Crippen molar-refractivity contribution in [3.8, 4) is 11.3 Å². The minimum absolute atomic E-state index is 0.185. The second-order valence-corrected chi connectivity index (χ2v) is 5.77. The van der Waals surface area contributed by atoms with Gasteiger partial charge < -0.3 is 0 Å². The molecule has 0 aliphatic carbocycles. The van der Waals surface area contributed by atoms with Crippen LogP contribution in [0.25, 0.3) is 11.3 Å². The summed E-state index contributed by atoms with van der Waals surface area (Å²) >= 11 is 0. The van der Waals surface area contributed by atoms with E-state index in [0.717, 1.165) is 11.5 Å². The highest BCUT2D eigenvalue weighted by atomic mass is 14.9. The van der Waals surface area contributed by atoms with Gasteiger partial charge in [0, 0.05) is 11.8 Å². The molecular formula is C16H20N2. The zero-order valence-corrected chi connectivity index (χ0v) is 11.8. The molecule has 0 aliphatic heterocycles. The van der Waals surface area contributed by atoms with Gasteiger partial charge in [-0.05, 0) is 36.5 Å². The molecule has 0 fully saturated rings. The topological polar surface area (TPSA) is 25.8 Å². The smallest absolute Gasteiger partial charge is 0.125 e. The molecular weight excluding hydrogens is 220 g/mol. The summed E-state index contributed by atoms with van der Waals surface area (Å²) in [6.07, 6.45) is 1.81. The normalized spacial score (nSPS) is 11.6. The number of aryl methyl sites for hydroxylation is 2. The fourth-order valence-electron chi connectivity index (χ4n) is 2.02. The molecule has 2 rings (SSSR count). The molecule has 2 nitrogen and oxygen atoms in total. The van der Waals surface area contributed by atoms with E-state index in [0.29, 0.717) is 0 Å². The highest BCUT2D eigenvalue weighted by molar-refractivity contribution is 5.64. The van der Waals surface area contributed by atoms with Crippen LogP contribution in [0.1, 0.15) is 37.7 Å². The summed E-state index contributed by atoms with van der Waals surface area (Å²) in [6, 6.07) is 8.58. The molecule has 1 aromatic heterocycles. The first-order chi connectivity index (χ1) is 8.38. The summed E-state index contributed by atoms with van der Waals surface area (Å²) in [7, 11) is 0. The van der Waals surface area contributed by atoms with Gasteiger partial charge in [0.05, 0.1) is 5.69 Å². The third-order valence-corrected chi connectivity index (χ3v) is 3.14. The third kappa shape index (κ3) is 2.58. The van der Waals surface area contributed by atoms with Crippen LogP contribution in [0, 0.1) is 13.8 Å². The van der Waals surface area contributed by atoms with Gasteiger partial charge in [0.2, 0.25) is 0 Å². The van der Waals surface area contributed by atoms with Crippen LogP contribution in [0.2, 0.25) is 0 Å². The van der Waals surface area contributed by atoms with Gasteiger partial charge in [-0.15, -0.1) is 0 Å². The minimum Gasteiger partial charge on any atom is -0.242 e. The predicted octanol–water partition coefficient (Wildman–Crippen LogP) is 4.06. The molecule has 0 bridgehead atoms. The molecule has 2 aromatic rings. The molecule has 1 heterocycles. The van der Waals surface area contributed by atoms with Crippen molar-refractivity contribution in [2.24, 2.45) is 0 Å². The van der Waals surface area contributed by atoms with Crippen LogP contribution >= 0.6 is 0 Å². The number of benzene rings is 1. The van der Waals surface area contributed by atoms with Gasteiger partial charge in [0.15, 0.2) is 0 Å². The molecule has 0 radical (unpaired) electrons. The van der Waals surface area contributed by atoms with E-state index in [2.05, 4.69) is 55.9 Å². The molecule has 0 saturated heterocycles. The average molecular weight is 240 g/mol. The van der Waals surface area contributed by atoms with Crippen LogP contribution in [0.3, 0.4) is 0 Å². The molecule has 0 spiro atoms. The Kier molecular flexibility index (Phi) is 3.20. The van der Waals surface area contributed by atoms with Crippen molar-refractivity contribution < 1.29 is 0 Å². The largest absolute Gasteiger partial charge is 0.242 e. The average Bonchev–Trinajstić information content (AvgIpc) is 2.27. The first-order valence-corrected chi connectivity index (χ1v) is 6.29. The summed E-state index contributed by atoms with van der Waals surface area (Å²) in [4.78, 5) is 8.63. The third-order valence-electron chi connectivity index (χ3n) is 3.14. The maximum absolute atomic E-state index is 4.48. The highest BCUT2D eigenvalue weighted by Crippen LogP contribution is 2.28. The summed E-state index contributed by atoms with van der Waals surface area (Å²) in [6.45, 7) is 10.8. The Hall–Kier alpha value is -1.70. The first kappa shape index (κ1) is 12.7. The Labute approximate surface area is 109 Å². The maximum Gasteiger partial charge on any atom is 0.125 e. The van der Waals surface area contributed by atoms with Gasteiger partial charge >= 0.3 is 0 Å². The molecule has 0 N–H and O–H groups in total. The van der Waals surface area contributed by atoms with Crippen molar-refractivity contribution in [2.45, 2.75) is 40.0 Å². The Morgan fingerprint density at radius 2 is 1.72 bits per heavy atom. The molecule has 0 unspecified atom stereocenters. The van der Waals surface area contributed by atoms with Crippen molar-refractivity contribution in [3.05, 3.63) is 47.4 Å². The van der Waals surface area contributed by atoms with E-state index in [1.807, 2.05) is 19.2 Å². The van der Waals surface area contributed by atoms with Gasteiger partial charge in [-0.2, -0.15) is 0 Å². The zero-order chi connectivity index (χ0) is 13.3. The predicted molar refractivity (Wildman–Crippen MR) is 75.6 cm³/mol. The van der Waals surface area contributed by atoms with Gasteiger partial charge in [-0.1, -0.05) is 39.0 Å². The lowest BCUT2D eigenvalue weighted by atomic mass is 9.85. The summed E-state index contributed by atoms with van der Waals surface area (Å²) in [5.41, 5.74) is 4.99. The molecule has 1 aromatic carbocycles. The number of rotatable bonds is 1. The zero-order valence-electron chi connectivity index (χ0n) is 11.8. The Balaban J connectivity index is 2.48. The van der Waals surface area contributed by atoms with Gasteiger partial charge in [0.25, 0.3) is 0 Å². The molecule has 0 atom stereocenters. The van der Waals surface area contributed by atoms with Crippen molar-refractivity contribution in [1.29, 1.82) is 0 Å². The summed E-state index contributed by atoms with van der Waals surface area (Å²) in [5.74, 6) is 0.812. The van der Waals surface area contributed by atoms with Crippen LogP contribution in [0.4, 0.5) is 0 Å². The van der Waals surface area contributed by atoms with Crippen LogP contribution in [-0.4, -0.2) is 9.97 Å². The standard InChI is InChI=1S/C16H20N2/c1-11-10-13(16(3,4)5)6-7-14(11)15-8-9-17-12(2)18-15/h6-10H,1-5H3. The van der Waals surface area contributed by atoms with E-state index in [9.17, 15) is 0 Å². The molecule has 18 heavy (non-hydrogen) atoms. The second kappa shape index (κ2) is 4.52. The van der Waals surface area contributed by atoms with Crippen molar-refractivity contribution in [1.82, 2.24) is 9.97 Å². The summed E-state index contributed by atoms with van der Waals surface area (Å²) in [5, 5.41) is 0. The quantitative estimate of drug-likeness (QED) is 0.751. The van der Waals surface area contributed by atoms with Crippen LogP contribution in [-0.2, 0) is 5.41 Å². The van der Waals surface area contributed by atoms with Gasteiger partial charge in [-0.25, -0.2) is 9.97 Å². The first-order valence-electron chi connectivity index (χ1n) is 6.29. The van der Waals surface area contributed by atoms with E-state index in [1.165, 1.54) is 16.7 Å². The fraction of sp³-hybridized carbons (Fsp3) is 0.375. The molecule has 2 heteroatoms. The lowest BCUT2D eigenvalue weighted by Gasteiger charge is -2.20. The van der Waals surface area contributed by atoms with Crippen LogP contribution < -0.4 is 0 Å². The highest BCUT2D eigenvalue weighted by Gasteiger charge is 2.15. The van der Waals surface area contributed by atoms with Crippen LogP contribution in [0.15, 0.2) is 30.5 Å². The monoisotopic (exact) mass is 240 g/mol. The van der Waals surface area contributed by atoms with Crippen LogP contribution in [0.5, 0.6) is 0 Å². The number of aromatic nitrogens is 2. The maximum atomic E-state index is 4.48. The fourth-order valence-corrected chi connectivity index (χ4v) is 2.02. The van der Waals surface area contributed by atoms with Crippen molar-refractivity contribution in [2.75, 3.05) is 0 Å². The lowest BCUT2D eigenvalue weighted by Crippen LogP contribution is -2.11. The van der Waals surface area contributed by atoms with E-state index in [-0.39, 0.29) is 5.41 Å². The van der Waals surface area contributed by atoms with E-state index in [4.69, 9.17) is 0 Å². The van der Waals surface area contributed by atoms with Crippen molar-refractivity contribution >= 4 is 0 Å². The lowest BCUT2D eigenvalue weighted by molar-refractivity contribution is 0.590. The second-order valence-electron chi connectivity index (χ2n) is 5.77. The van der Waals surface area contributed by atoms with Gasteiger partial charge in [-0.3, -0.25) is 0 Å². The van der Waals surface area contributed by atoms with E-state index in [1.54, 1.807) is 0 Å². The Morgan fingerprint density at radius 3 is 2.28 bits per heavy atom. The number of hydrogen-bond acceptors (Lipinski definition) is 2. The SMILES string of the molecule is Cc1nccc(-c2ccc(C(C)(C)C)cc2C)n1. The molecule has 0 amide bonds. The molecule has 94 valence electrons. The van der Waals surface area contributed by atoms with Crippen molar-refractivity contribution in [3.63, 3.8) is 0 Å². The number of hydrogen-bond donors (Lipinski definition) is 0. The minimum atomic E-state index is 0.185. The number of nitrogens with zero attached hydrogens (tertiary/aromatic N) is 2. The Morgan fingerprint density at radius 1 is 1.00 bits per heavy atom. The molecule has 0 saturated carbocycles. The molecule has 0 aliphatic rings. The van der Waals surface area contributed by atoms with E-state index < -0.39 is 0 Å². The van der Waals surface area contributed by atoms with Gasteiger partial charge in [0.1, 0.15) is 5.82 Å². The summed E-state index contributed by atoms with van der Waals surface area (Å²) < 4.78 is 0. The van der Waals surface area contributed by atoms with E-state index >= 15 is 0 Å². The Bertz CT molecular complexity index is 566.